The average Bonchev–Trinajstić information content (AvgIpc) is 2.48. The van der Waals surface area contributed by atoms with E-state index in [1.807, 2.05) is 18.5 Å². The number of hydrogen-bond acceptors (Lipinski definition) is 2. The van der Waals surface area contributed by atoms with Gasteiger partial charge in [0.05, 0.1) is 0 Å². The summed E-state index contributed by atoms with van der Waals surface area (Å²) in [5, 5.41) is 3.83. The van der Waals surface area contributed by atoms with Gasteiger partial charge >= 0.3 is 0 Å². The molecule has 4 atom stereocenters. The lowest BCUT2D eigenvalue weighted by molar-refractivity contribution is 0.139. The van der Waals surface area contributed by atoms with Crippen LogP contribution in [-0.4, -0.2) is 11.0 Å². The smallest absolute Gasteiger partial charge is 0.0315 e. The summed E-state index contributed by atoms with van der Waals surface area (Å²) in [6, 6.07) is 5.36. The Hall–Kier alpha value is -0.890. The summed E-state index contributed by atoms with van der Waals surface area (Å²) < 4.78 is 0. The second-order valence-electron chi connectivity index (χ2n) is 6.49. The average molecular weight is 258 g/mol. The van der Waals surface area contributed by atoms with E-state index in [4.69, 9.17) is 0 Å². The van der Waals surface area contributed by atoms with Gasteiger partial charge in [0.25, 0.3) is 0 Å². The second kappa shape index (κ2) is 6.04. The molecule has 3 rings (SSSR count). The van der Waals surface area contributed by atoms with Crippen molar-refractivity contribution < 1.29 is 0 Å². The highest BCUT2D eigenvalue weighted by molar-refractivity contribution is 5.13. The topological polar surface area (TPSA) is 24.9 Å². The molecular formula is C17H26N2. The minimum absolute atomic E-state index is 0.429. The van der Waals surface area contributed by atoms with Gasteiger partial charge < -0.3 is 5.32 Å². The Bertz CT molecular complexity index is 390. The van der Waals surface area contributed by atoms with Crippen molar-refractivity contribution in [3.8, 4) is 0 Å². The molecule has 1 N–H and O–H groups in total. The van der Waals surface area contributed by atoms with Crippen LogP contribution in [-0.2, 0) is 0 Å². The molecule has 0 spiro atoms. The van der Waals surface area contributed by atoms with E-state index in [1.54, 1.807) is 0 Å². The fourth-order valence-electron chi connectivity index (χ4n) is 4.11. The van der Waals surface area contributed by atoms with E-state index < -0.39 is 0 Å². The summed E-state index contributed by atoms with van der Waals surface area (Å²) in [5.74, 6) is 2.04. The summed E-state index contributed by atoms with van der Waals surface area (Å²) in [7, 11) is 0. The summed E-state index contributed by atoms with van der Waals surface area (Å²) >= 11 is 0. The summed E-state index contributed by atoms with van der Waals surface area (Å²) in [6.45, 7) is 2.27. The van der Waals surface area contributed by atoms with Crippen molar-refractivity contribution in [3.05, 3.63) is 30.1 Å². The monoisotopic (exact) mass is 258 g/mol. The minimum atomic E-state index is 0.429. The highest BCUT2D eigenvalue weighted by atomic mass is 14.9. The lowest BCUT2D eigenvalue weighted by Crippen LogP contribution is -2.39. The highest BCUT2D eigenvalue weighted by Gasteiger charge is 2.32. The molecular weight excluding hydrogens is 232 g/mol. The van der Waals surface area contributed by atoms with Gasteiger partial charge in [-0.3, -0.25) is 4.98 Å². The lowest BCUT2D eigenvalue weighted by atomic mass is 9.69. The summed E-state index contributed by atoms with van der Waals surface area (Å²) in [5.41, 5.74) is 1.31. The van der Waals surface area contributed by atoms with Crippen molar-refractivity contribution in [2.75, 3.05) is 0 Å². The SMILES string of the molecule is C[C@H](NC1CCC2CCCCC2C1)c1cccnc1. The third-order valence-corrected chi connectivity index (χ3v) is 5.21. The van der Waals surface area contributed by atoms with Crippen LogP contribution >= 0.6 is 0 Å². The number of pyridine rings is 1. The highest BCUT2D eigenvalue weighted by Crippen LogP contribution is 2.40. The summed E-state index contributed by atoms with van der Waals surface area (Å²) in [4.78, 5) is 4.22. The van der Waals surface area contributed by atoms with Gasteiger partial charge in [-0.25, -0.2) is 0 Å². The molecule has 1 aromatic rings. The van der Waals surface area contributed by atoms with Crippen molar-refractivity contribution in [1.82, 2.24) is 10.3 Å². The van der Waals surface area contributed by atoms with Gasteiger partial charge in [0, 0.05) is 24.5 Å². The molecule has 104 valence electrons. The minimum Gasteiger partial charge on any atom is -0.307 e. The number of nitrogens with one attached hydrogen (secondary N) is 1. The van der Waals surface area contributed by atoms with Crippen LogP contribution in [0.5, 0.6) is 0 Å². The normalized spacial score (nSPS) is 32.6. The van der Waals surface area contributed by atoms with Crippen LogP contribution in [0.3, 0.4) is 0 Å². The van der Waals surface area contributed by atoms with E-state index in [2.05, 4.69) is 23.3 Å². The number of hydrogen-bond donors (Lipinski definition) is 1. The number of fused-ring (bicyclic) bond motifs is 1. The second-order valence-corrected chi connectivity index (χ2v) is 6.49. The first-order valence-corrected chi connectivity index (χ1v) is 7.99. The molecule has 0 bridgehead atoms. The van der Waals surface area contributed by atoms with E-state index in [0.29, 0.717) is 6.04 Å². The standard InChI is InChI=1S/C17H26N2/c1-13(16-7-4-10-18-12-16)19-17-9-8-14-5-2-3-6-15(14)11-17/h4,7,10,12-15,17,19H,2-3,5-6,8-9,11H2,1H3/t13-,14?,15?,17?/m0/s1. The maximum Gasteiger partial charge on any atom is 0.0315 e. The quantitative estimate of drug-likeness (QED) is 0.883. The molecule has 2 saturated carbocycles. The predicted octanol–water partition coefficient (Wildman–Crippen LogP) is 4.09. The van der Waals surface area contributed by atoms with Gasteiger partial charge in [-0.05, 0) is 49.7 Å². The molecule has 2 fully saturated rings. The third-order valence-electron chi connectivity index (χ3n) is 5.21. The number of nitrogens with zero attached hydrogens (tertiary/aromatic N) is 1. The lowest BCUT2D eigenvalue weighted by Gasteiger charge is -2.40. The molecule has 0 saturated heterocycles. The Balaban J connectivity index is 1.56. The van der Waals surface area contributed by atoms with Crippen LogP contribution in [0.4, 0.5) is 0 Å². The van der Waals surface area contributed by atoms with Crippen LogP contribution in [0, 0.1) is 11.8 Å². The fraction of sp³-hybridized carbons (Fsp3) is 0.706. The third kappa shape index (κ3) is 3.17. The zero-order chi connectivity index (χ0) is 13.1. The van der Waals surface area contributed by atoms with Crippen molar-refractivity contribution in [2.45, 2.75) is 64.0 Å². The maximum atomic E-state index is 4.22. The van der Waals surface area contributed by atoms with Gasteiger partial charge in [-0.15, -0.1) is 0 Å². The molecule has 0 amide bonds. The molecule has 1 aromatic heterocycles. The zero-order valence-electron chi connectivity index (χ0n) is 12.0. The van der Waals surface area contributed by atoms with Crippen LogP contribution in [0.25, 0.3) is 0 Å². The Morgan fingerprint density at radius 1 is 1.16 bits per heavy atom. The molecule has 2 heteroatoms. The number of rotatable bonds is 3. The molecule has 0 radical (unpaired) electrons. The molecule has 2 aliphatic rings. The molecule has 2 nitrogen and oxygen atoms in total. The van der Waals surface area contributed by atoms with Gasteiger partial charge in [-0.2, -0.15) is 0 Å². The van der Waals surface area contributed by atoms with E-state index in [9.17, 15) is 0 Å². The van der Waals surface area contributed by atoms with Gasteiger partial charge in [0.1, 0.15) is 0 Å². The molecule has 2 aliphatic carbocycles. The van der Waals surface area contributed by atoms with E-state index in [0.717, 1.165) is 17.9 Å². The van der Waals surface area contributed by atoms with Gasteiger partial charge in [0.2, 0.25) is 0 Å². The van der Waals surface area contributed by atoms with Crippen molar-refractivity contribution in [1.29, 1.82) is 0 Å². The first-order valence-electron chi connectivity index (χ1n) is 7.99. The molecule has 3 unspecified atom stereocenters. The number of aromatic nitrogens is 1. The summed E-state index contributed by atoms with van der Waals surface area (Å²) in [6.07, 6.45) is 14.0. The van der Waals surface area contributed by atoms with Crippen LogP contribution in [0.2, 0.25) is 0 Å². The van der Waals surface area contributed by atoms with Gasteiger partial charge in [0.15, 0.2) is 0 Å². The molecule has 0 aromatic carbocycles. The Kier molecular flexibility index (Phi) is 4.17. The largest absolute Gasteiger partial charge is 0.307 e. The fourth-order valence-corrected chi connectivity index (χ4v) is 4.11. The Labute approximate surface area is 117 Å². The van der Waals surface area contributed by atoms with E-state index in [-0.39, 0.29) is 0 Å². The van der Waals surface area contributed by atoms with E-state index in [1.165, 1.54) is 50.5 Å². The zero-order valence-corrected chi connectivity index (χ0v) is 12.0. The van der Waals surface area contributed by atoms with Crippen LogP contribution < -0.4 is 5.32 Å². The molecule has 1 heterocycles. The maximum absolute atomic E-state index is 4.22. The Morgan fingerprint density at radius 2 is 2.00 bits per heavy atom. The first-order chi connectivity index (χ1) is 9.33. The van der Waals surface area contributed by atoms with Crippen LogP contribution in [0.15, 0.2) is 24.5 Å². The van der Waals surface area contributed by atoms with Crippen LogP contribution in [0.1, 0.15) is 63.5 Å². The predicted molar refractivity (Wildman–Crippen MR) is 78.9 cm³/mol. The molecule has 19 heavy (non-hydrogen) atoms. The van der Waals surface area contributed by atoms with Crippen molar-refractivity contribution in [3.63, 3.8) is 0 Å². The van der Waals surface area contributed by atoms with E-state index >= 15 is 0 Å². The van der Waals surface area contributed by atoms with Crippen molar-refractivity contribution in [2.24, 2.45) is 11.8 Å². The van der Waals surface area contributed by atoms with Crippen molar-refractivity contribution >= 4 is 0 Å². The van der Waals surface area contributed by atoms with Gasteiger partial charge in [-0.1, -0.05) is 31.7 Å². The Morgan fingerprint density at radius 3 is 2.79 bits per heavy atom. The first kappa shape index (κ1) is 13.1. The molecule has 0 aliphatic heterocycles.